The van der Waals surface area contributed by atoms with Crippen molar-refractivity contribution in [2.24, 2.45) is 0 Å². The van der Waals surface area contributed by atoms with Crippen molar-refractivity contribution >= 4 is 15.9 Å². The molecule has 1 N–H and O–H groups in total. The molecule has 2 aliphatic rings. The Morgan fingerprint density at radius 3 is 2.62 bits per heavy atom. The number of nitrogens with one attached hydrogen (secondary N) is 1. The largest absolute Gasteiger partial charge is 0.338 e. The van der Waals surface area contributed by atoms with Crippen molar-refractivity contribution in [2.45, 2.75) is 51.6 Å². The molecular formula is C14H27N3O3S. The minimum atomic E-state index is -3.11. The van der Waals surface area contributed by atoms with E-state index in [9.17, 15) is 13.2 Å². The predicted molar refractivity (Wildman–Crippen MR) is 82.5 cm³/mol. The van der Waals surface area contributed by atoms with E-state index in [1.165, 1.54) is 0 Å². The van der Waals surface area contributed by atoms with Crippen molar-refractivity contribution in [3.05, 3.63) is 0 Å². The lowest BCUT2D eigenvalue weighted by Crippen LogP contribution is -2.45. The third-order valence-corrected chi connectivity index (χ3v) is 5.80. The van der Waals surface area contributed by atoms with E-state index in [1.54, 1.807) is 13.8 Å². The Morgan fingerprint density at radius 1 is 1.33 bits per heavy atom. The van der Waals surface area contributed by atoms with Crippen LogP contribution in [0.4, 0.5) is 0 Å². The first kappa shape index (κ1) is 16.7. The zero-order chi connectivity index (χ0) is 15.5. The molecule has 1 aliphatic carbocycles. The highest BCUT2D eigenvalue weighted by Gasteiger charge is 2.34. The summed E-state index contributed by atoms with van der Waals surface area (Å²) in [5.74, 6) is 0.284. The summed E-state index contributed by atoms with van der Waals surface area (Å²) in [6.45, 7) is 6.25. The normalized spacial score (nSPS) is 23.4. The van der Waals surface area contributed by atoms with Gasteiger partial charge in [0.15, 0.2) is 0 Å². The number of sulfonamides is 1. The zero-order valence-electron chi connectivity index (χ0n) is 13.0. The van der Waals surface area contributed by atoms with Crippen LogP contribution in [0.2, 0.25) is 0 Å². The van der Waals surface area contributed by atoms with E-state index in [1.807, 2.05) is 4.90 Å². The van der Waals surface area contributed by atoms with Crippen LogP contribution >= 0.6 is 0 Å². The molecule has 2 rings (SSSR count). The maximum atomic E-state index is 11.7. The van der Waals surface area contributed by atoms with Gasteiger partial charge in [-0.25, -0.2) is 13.1 Å². The van der Waals surface area contributed by atoms with Crippen molar-refractivity contribution in [1.29, 1.82) is 0 Å². The van der Waals surface area contributed by atoms with Gasteiger partial charge in [0.05, 0.1) is 5.75 Å². The van der Waals surface area contributed by atoms with Gasteiger partial charge >= 0.3 is 0 Å². The molecule has 2 fully saturated rings. The Hall–Kier alpha value is -0.660. The average Bonchev–Trinajstić information content (AvgIpc) is 3.17. The number of carbonyl (C=O) groups excluding carboxylic acids is 1. The summed E-state index contributed by atoms with van der Waals surface area (Å²) in [4.78, 5) is 16.0. The van der Waals surface area contributed by atoms with E-state index in [0.717, 1.165) is 45.3 Å². The lowest BCUT2D eigenvalue weighted by molar-refractivity contribution is -0.130. The number of rotatable bonds is 8. The number of carbonyl (C=O) groups is 1. The summed E-state index contributed by atoms with van der Waals surface area (Å²) in [6, 6.07) is 0.823. The number of hydrogen-bond acceptors (Lipinski definition) is 4. The van der Waals surface area contributed by atoms with Gasteiger partial charge in [-0.3, -0.25) is 9.69 Å². The van der Waals surface area contributed by atoms with Crippen LogP contribution in [-0.4, -0.2) is 68.1 Å². The quantitative estimate of drug-likeness (QED) is 0.703. The molecule has 7 heteroatoms. The van der Waals surface area contributed by atoms with Gasteiger partial charge < -0.3 is 4.90 Å². The van der Waals surface area contributed by atoms with Crippen LogP contribution < -0.4 is 4.72 Å². The van der Waals surface area contributed by atoms with Crippen LogP contribution in [0.1, 0.15) is 39.5 Å². The maximum Gasteiger partial charge on any atom is 0.219 e. The Bertz CT molecular complexity index is 462. The van der Waals surface area contributed by atoms with E-state index >= 15 is 0 Å². The van der Waals surface area contributed by atoms with Crippen molar-refractivity contribution in [1.82, 2.24) is 14.5 Å². The van der Waals surface area contributed by atoms with Gasteiger partial charge in [0.1, 0.15) is 0 Å². The zero-order valence-corrected chi connectivity index (χ0v) is 13.9. The fourth-order valence-electron chi connectivity index (χ4n) is 2.99. The Morgan fingerprint density at radius 2 is 2.05 bits per heavy atom. The van der Waals surface area contributed by atoms with Crippen molar-refractivity contribution in [3.8, 4) is 0 Å². The summed E-state index contributed by atoms with van der Waals surface area (Å²) in [7, 11) is -3.11. The average molecular weight is 317 g/mol. The van der Waals surface area contributed by atoms with Crippen LogP contribution in [0.3, 0.4) is 0 Å². The summed E-state index contributed by atoms with van der Waals surface area (Å²) in [5, 5.41) is 0. The molecule has 1 aliphatic heterocycles. The van der Waals surface area contributed by atoms with Crippen LogP contribution in [0.15, 0.2) is 0 Å². The standard InChI is InChI=1S/C14H27N3O3S/c1-3-21(19,20)15-8-10-16-9-4-5-14(16)11-17(12(2)18)13-6-7-13/h13-15H,3-11H2,1-2H3. The van der Waals surface area contributed by atoms with Gasteiger partial charge in [-0.05, 0) is 39.2 Å². The van der Waals surface area contributed by atoms with Crippen LogP contribution in [0, 0.1) is 0 Å². The fourth-order valence-corrected chi connectivity index (χ4v) is 3.60. The molecule has 0 aromatic carbocycles. The van der Waals surface area contributed by atoms with Gasteiger partial charge in [-0.2, -0.15) is 0 Å². The highest BCUT2D eigenvalue weighted by molar-refractivity contribution is 7.89. The molecule has 122 valence electrons. The molecule has 6 nitrogen and oxygen atoms in total. The molecule has 1 heterocycles. The number of nitrogens with zero attached hydrogens (tertiary/aromatic N) is 2. The van der Waals surface area contributed by atoms with Gasteiger partial charge in [0.2, 0.25) is 15.9 Å². The second-order valence-electron chi connectivity index (χ2n) is 6.03. The van der Waals surface area contributed by atoms with E-state index in [0.29, 0.717) is 18.6 Å². The second-order valence-corrected chi connectivity index (χ2v) is 8.13. The monoisotopic (exact) mass is 317 g/mol. The van der Waals surface area contributed by atoms with E-state index in [4.69, 9.17) is 0 Å². The van der Waals surface area contributed by atoms with Crippen LogP contribution in [0.5, 0.6) is 0 Å². The topological polar surface area (TPSA) is 69.7 Å². The van der Waals surface area contributed by atoms with Crippen molar-refractivity contribution in [2.75, 3.05) is 31.9 Å². The predicted octanol–water partition coefficient (Wildman–Crippen LogP) is 0.401. The smallest absolute Gasteiger partial charge is 0.219 e. The SMILES string of the molecule is CCS(=O)(=O)NCCN1CCCC1CN(C(C)=O)C1CC1. The lowest BCUT2D eigenvalue weighted by Gasteiger charge is -2.30. The molecule has 21 heavy (non-hydrogen) atoms. The summed E-state index contributed by atoms with van der Waals surface area (Å²) in [5.41, 5.74) is 0. The maximum absolute atomic E-state index is 11.7. The molecule has 1 amide bonds. The fraction of sp³-hybridized carbons (Fsp3) is 0.929. The first-order valence-corrected chi connectivity index (χ1v) is 9.56. The molecule has 0 aromatic rings. The van der Waals surface area contributed by atoms with E-state index in [2.05, 4.69) is 9.62 Å². The number of likely N-dealkylation sites (tertiary alicyclic amines) is 1. The molecule has 0 radical (unpaired) electrons. The molecule has 1 unspecified atom stereocenters. The van der Waals surface area contributed by atoms with Crippen molar-refractivity contribution in [3.63, 3.8) is 0 Å². The molecule has 0 aromatic heterocycles. The van der Waals surface area contributed by atoms with Gasteiger partial charge in [0, 0.05) is 38.6 Å². The highest BCUT2D eigenvalue weighted by atomic mass is 32.2. The van der Waals surface area contributed by atoms with E-state index in [-0.39, 0.29) is 11.7 Å². The number of hydrogen-bond donors (Lipinski definition) is 1. The minimum Gasteiger partial charge on any atom is -0.338 e. The Balaban J connectivity index is 1.81. The molecule has 0 bridgehead atoms. The highest BCUT2D eigenvalue weighted by Crippen LogP contribution is 2.29. The van der Waals surface area contributed by atoms with Gasteiger partial charge in [-0.15, -0.1) is 0 Å². The second kappa shape index (κ2) is 7.07. The molecule has 1 saturated heterocycles. The van der Waals surface area contributed by atoms with E-state index < -0.39 is 10.0 Å². The molecule has 1 saturated carbocycles. The van der Waals surface area contributed by atoms with Crippen LogP contribution in [-0.2, 0) is 14.8 Å². The van der Waals surface area contributed by atoms with Gasteiger partial charge in [-0.1, -0.05) is 0 Å². The molecule has 0 spiro atoms. The Kier molecular flexibility index (Phi) is 5.62. The Labute approximate surface area is 127 Å². The summed E-state index contributed by atoms with van der Waals surface area (Å²) >= 11 is 0. The summed E-state index contributed by atoms with van der Waals surface area (Å²) < 4.78 is 25.5. The minimum absolute atomic E-state index is 0.121. The third kappa shape index (κ3) is 4.93. The lowest BCUT2D eigenvalue weighted by atomic mass is 10.2. The molecule has 1 atom stereocenters. The van der Waals surface area contributed by atoms with Crippen LogP contribution in [0.25, 0.3) is 0 Å². The summed E-state index contributed by atoms with van der Waals surface area (Å²) in [6.07, 6.45) is 4.48. The first-order valence-electron chi connectivity index (χ1n) is 7.91. The van der Waals surface area contributed by atoms with Crippen molar-refractivity contribution < 1.29 is 13.2 Å². The number of amides is 1. The molecular weight excluding hydrogens is 290 g/mol. The third-order valence-electron chi connectivity index (χ3n) is 4.40. The van der Waals surface area contributed by atoms with Gasteiger partial charge in [0.25, 0.3) is 0 Å². The first-order chi connectivity index (χ1) is 9.93.